The minimum absolute atomic E-state index is 0. The molecule has 2 aliphatic rings. The van der Waals surface area contributed by atoms with Crippen molar-refractivity contribution in [2.75, 3.05) is 0 Å². The number of hydrogen-bond donors (Lipinski definition) is 0. The summed E-state index contributed by atoms with van der Waals surface area (Å²) in [4.78, 5) is 8.37. The molecule has 2 nitrogen and oxygen atoms in total. The maximum atomic E-state index is 4.96. The molecule has 2 heterocycles. The SMILES string of the molecule is CC.CC.[S-]C1=Nc2ccccc2C1.[S-]C1=Nc2ccccc2C1.[Zn+2]. The minimum Gasteiger partial charge on any atom is -0.764 e. The van der Waals surface area contributed by atoms with E-state index in [1.165, 1.54) is 11.1 Å². The van der Waals surface area contributed by atoms with Gasteiger partial charge >= 0.3 is 19.5 Å². The molecule has 0 unspecified atom stereocenters. The Morgan fingerprint density at radius 1 is 0.640 bits per heavy atom. The summed E-state index contributed by atoms with van der Waals surface area (Å²) >= 11 is 9.91. The predicted molar refractivity (Wildman–Crippen MR) is 112 cm³/mol. The predicted octanol–water partition coefficient (Wildman–Crippen LogP) is 5.69. The monoisotopic (exact) mass is 420 g/mol. The molecule has 0 aromatic heterocycles. The summed E-state index contributed by atoms with van der Waals surface area (Å²) in [6.07, 6.45) is 1.71. The Hall–Kier alpha value is -1.16. The van der Waals surface area contributed by atoms with Gasteiger partial charge in [0.05, 0.1) is 11.4 Å². The normalized spacial score (nSPS) is 12.2. The van der Waals surface area contributed by atoms with Crippen molar-refractivity contribution in [3.05, 3.63) is 59.7 Å². The van der Waals surface area contributed by atoms with E-state index in [2.05, 4.69) is 22.1 Å². The van der Waals surface area contributed by atoms with Crippen LogP contribution in [0.2, 0.25) is 0 Å². The van der Waals surface area contributed by atoms with E-state index in [4.69, 9.17) is 25.3 Å². The minimum atomic E-state index is 0. The van der Waals surface area contributed by atoms with Crippen LogP contribution in [0.15, 0.2) is 58.5 Å². The molecule has 0 radical (unpaired) electrons. The Labute approximate surface area is 175 Å². The van der Waals surface area contributed by atoms with Crippen molar-refractivity contribution < 1.29 is 19.5 Å². The Morgan fingerprint density at radius 2 is 0.960 bits per heavy atom. The molecular weight excluding hydrogens is 398 g/mol. The second-order valence-electron chi connectivity index (χ2n) is 4.62. The first kappa shape index (κ1) is 23.8. The van der Waals surface area contributed by atoms with E-state index in [0.717, 1.165) is 34.3 Å². The zero-order valence-electron chi connectivity index (χ0n) is 15.5. The standard InChI is InChI=1S/2C8H7NS.2C2H6.Zn/c2*10-8-5-6-3-1-2-4-7(6)9-8;2*1-2;/h2*1-4H,5H2,(H,9,10);2*1-2H3;/q;;;;+2/p-2. The maximum absolute atomic E-state index is 4.96. The molecular formula is C20H24N2S2Zn. The van der Waals surface area contributed by atoms with Crippen LogP contribution in [-0.2, 0) is 57.6 Å². The van der Waals surface area contributed by atoms with Gasteiger partial charge in [0.15, 0.2) is 0 Å². The molecule has 25 heavy (non-hydrogen) atoms. The summed E-state index contributed by atoms with van der Waals surface area (Å²) in [6, 6.07) is 16.1. The number of fused-ring (bicyclic) bond motifs is 2. The third-order valence-corrected chi connectivity index (χ3v) is 3.63. The zero-order valence-corrected chi connectivity index (χ0v) is 20.1. The van der Waals surface area contributed by atoms with Crippen LogP contribution in [0.5, 0.6) is 0 Å². The van der Waals surface area contributed by atoms with E-state index >= 15 is 0 Å². The molecule has 0 saturated heterocycles. The smallest absolute Gasteiger partial charge is 0.764 e. The number of rotatable bonds is 0. The summed E-state index contributed by atoms with van der Waals surface area (Å²) in [5.74, 6) is 0. The van der Waals surface area contributed by atoms with Gasteiger partial charge in [-0.15, -0.1) is 10.1 Å². The largest absolute Gasteiger partial charge is 2.00 e. The second kappa shape index (κ2) is 13.1. The van der Waals surface area contributed by atoms with E-state index in [0.29, 0.717) is 0 Å². The van der Waals surface area contributed by atoms with Gasteiger partial charge in [-0.1, -0.05) is 64.1 Å². The fraction of sp³-hybridized carbons (Fsp3) is 0.300. The summed E-state index contributed by atoms with van der Waals surface area (Å²) in [5, 5.41) is 1.61. The Kier molecular flexibility index (Phi) is 12.5. The van der Waals surface area contributed by atoms with E-state index in [1.807, 2.05) is 64.1 Å². The van der Waals surface area contributed by atoms with Gasteiger partial charge in [-0.05, 0) is 36.1 Å². The summed E-state index contributed by atoms with van der Waals surface area (Å²) in [5.41, 5.74) is 4.61. The molecule has 0 bridgehead atoms. The Bertz CT molecular complexity index is 651. The van der Waals surface area contributed by atoms with Crippen molar-refractivity contribution in [2.45, 2.75) is 40.5 Å². The zero-order chi connectivity index (χ0) is 17.9. The Morgan fingerprint density at radius 3 is 1.28 bits per heavy atom. The first-order valence-corrected chi connectivity index (χ1v) is 9.19. The molecule has 0 fully saturated rings. The third kappa shape index (κ3) is 7.31. The van der Waals surface area contributed by atoms with Crippen LogP contribution < -0.4 is 0 Å². The van der Waals surface area contributed by atoms with E-state index < -0.39 is 0 Å². The summed E-state index contributed by atoms with van der Waals surface area (Å²) < 4.78 is 0. The second-order valence-corrected chi connectivity index (χ2v) is 5.56. The first-order chi connectivity index (χ1) is 11.7. The maximum Gasteiger partial charge on any atom is 2.00 e. The van der Waals surface area contributed by atoms with Gasteiger partial charge in [0.1, 0.15) is 0 Å². The molecule has 5 heteroatoms. The van der Waals surface area contributed by atoms with E-state index in [9.17, 15) is 0 Å². The molecule has 4 rings (SSSR count). The van der Waals surface area contributed by atoms with Crippen molar-refractivity contribution in [3.63, 3.8) is 0 Å². The summed E-state index contributed by atoms with van der Waals surface area (Å²) in [6.45, 7) is 8.00. The molecule has 2 aliphatic heterocycles. The van der Waals surface area contributed by atoms with Crippen LogP contribution in [0, 0.1) is 0 Å². The van der Waals surface area contributed by atoms with Crippen LogP contribution in [0.1, 0.15) is 38.8 Å². The van der Waals surface area contributed by atoms with Gasteiger partial charge in [-0.25, -0.2) is 0 Å². The van der Waals surface area contributed by atoms with Gasteiger partial charge in [0, 0.05) is 0 Å². The fourth-order valence-electron chi connectivity index (χ4n) is 2.21. The first-order valence-electron chi connectivity index (χ1n) is 8.37. The van der Waals surface area contributed by atoms with Crippen molar-refractivity contribution in [1.29, 1.82) is 0 Å². The number of hydrogen-bond acceptors (Lipinski definition) is 4. The quantitative estimate of drug-likeness (QED) is 0.403. The molecule has 0 N–H and O–H groups in total. The molecule has 128 valence electrons. The molecule has 0 spiro atoms. The molecule has 0 atom stereocenters. The van der Waals surface area contributed by atoms with Gasteiger partial charge in [0.25, 0.3) is 0 Å². The van der Waals surface area contributed by atoms with Crippen LogP contribution in [-0.4, -0.2) is 10.1 Å². The fourth-order valence-corrected chi connectivity index (χ4v) is 2.72. The topological polar surface area (TPSA) is 24.7 Å². The van der Waals surface area contributed by atoms with Gasteiger partial charge in [0.2, 0.25) is 0 Å². The van der Waals surface area contributed by atoms with Gasteiger partial charge in [-0.2, -0.15) is 0 Å². The van der Waals surface area contributed by atoms with Crippen molar-refractivity contribution >= 4 is 46.7 Å². The Balaban J connectivity index is 0.000000373. The van der Waals surface area contributed by atoms with Crippen molar-refractivity contribution in [3.8, 4) is 0 Å². The summed E-state index contributed by atoms with van der Waals surface area (Å²) in [7, 11) is 0. The van der Waals surface area contributed by atoms with Crippen LogP contribution in [0.3, 0.4) is 0 Å². The number of para-hydroxylation sites is 2. The molecule has 2 aromatic carbocycles. The van der Waals surface area contributed by atoms with Gasteiger partial charge in [-0.3, -0.25) is 9.98 Å². The van der Waals surface area contributed by atoms with E-state index in [1.54, 1.807) is 0 Å². The van der Waals surface area contributed by atoms with E-state index in [-0.39, 0.29) is 19.5 Å². The van der Waals surface area contributed by atoms with Crippen LogP contribution >= 0.6 is 0 Å². The number of nitrogens with zero attached hydrogens (tertiary/aromatic N) is 2. The molecule has 2 aromatic rings. The molecule has 0 amide bonds. The third-order valence-electron chi connectivity index (χ3n) is 3.16. The van der Waals surface area contributed by atoms with Crippen LogP contribution in [0.25, 0.3) is 0 Å². The molecule has 0 aliphatic carbocycles. The average molecular weight is 422 g/mol. The number of aliphatic imine (C=N–C) groups is 2. The van der Waals surface area contributed by atoms with Crippen molar-refractivity contribution in [1.82, 2.24) is 0 Å². The average Bonchev–Trinajstić information content (AvgIpc) is 3.19. The molecule has 0 saturated carbocycles. The van der Waals surface area contributed by atoms with Crippen LogP contribution in [0.4, 0.5) is 11.4 Å². The van der Waals surface area contributed by atoms with Gasteiger partial charge < -0.3 is 25.3 Å². The number of benzene rings is 2. The van der Waals surface area contributed by atoms with Crippen molar-refractivity contribution in [2.24, 2.45) is 9.98 Å².